The molecule has 0 bridgehead atoms. The van der Waals surface area contributed by atoms with Gasteiger partial charge in [-0.2, -0.15) is 0 Å². The van der Waals surface area contributed by atoms with Gasteiger partial charge in [0.1, 0.15) is 11.4 Å². The first-order chi connectivity index (χ1) is 11.8. The second-order valence-electron chi connectivity index (χ2n) is 6.87. The molecule has 0 aliphatic carbocycles. The summed E-state index contributed by atoms with van der Waals surface area (Å²) in [7, 11) is 0. The largest absolute Gasteiger partial charge is 0.487 e. The summed E-state index contributed by atoms with van der Waals surface area (Å²) in [6, 6.07) is 0. The molecule has 0 fully saturated rings. The van der Waals surface area contributed by atoms with Crippen molar-refractivity contribution in [3.8, 4) is 5.75 Å². The van der Waals surface area contributed by atoms with E-state index in [4.69, 9.17) is 10.5 Å². The number of fused-ring (bicyclic) bond motifs is 1. The van der Waals surface area contributed by atoms with Gasteiger partial charge in [0.05, 0.1) is 0 Å². The minimum atomic E-state index is -0.123. The third-order valence-electron chi connectivity index (χ3n) is 4.34. The van der Waals surface area contributed by atoms with E-state index in [-0.39, 0.29) is 5.60 Å². The van der Waals surface area contributed by atoms with Crippen LogP contribution in [0.1, 0.15) is 69.7 Å². The maximum atomic E-state index is 6.15. The van der Waals surface area contributed by atoms with E-state index in [2.05, 4.69) is 51.3 Å². The molecular weight excluding hydrogens is 330 g/mol. The zero-order chi connectivity index (χ0) is 19.2. The molecule has 0 spiro atoms. The highest BCUT2D eigenvalue weighted by molar-refractivity contribution is 7.98. The lowest BCUT2D eigenvalue weighted by atomic mass is 9.94. The van der Waals surface area contributed by atoms with Crippen molar-refractivity contribution in [2.75, 3.05) is 6.54 Å². The summed E-state index contributed by atoms with van der Waals surface area (Å²) in [5, 5.41) is 0. The number of nitrogens with zero attached hydrogens (tertiary/aromatic N) is 1. The van der Waals surface area contributed by atoms with Crippen LogP contribution in [0, 0.1) is 20.8 Å². The van der Waals surface area contributed by atoms with Gasteiger partial charge in [-0.25, -0.2) is 0 Å². The van der Waals surface area contributed by atoms with Crippen LogP contribution in [0.2, 0.25) is 0 Å². The summed E-state index contributed by atoms with van der Waals surface area (Å²) in [5.74, 6) is 1.57. The number of hydrogen-bond acceptors (Lipinski definition) is 3. The Morgan fingerprint density at radius 3 is 2.44 bits per heavy atom. The van der Waals surface area contributed by atoms with Gasteiger partial charge in [-0.15, -0.1) is 0 Å². The molecule has 1 aliphatic rings. The van der Waals surface area contributed by atoms with Crippen molar-refractivity contribution in [2.24, 2.45) is 10.7 Å². The first-order valence-corrected chi connectivity index (χ1v) is 10.1. The van der Waals surface area contributed by atoms with Crippen LogP contribution in [0.15, 0.2) is 9.89 Å². The van der Waals surface area contributed by atoms with Crippen molar-refractivity contribution in [3.05, 3.63) is 22.3 Å². The molecule has 0 atom stereocenters. The van der Waals surface area contributed by atoms with Crippen LogP contribution in [0.3, 0.4) is 0 Å². The van der Waals surface area contributed by atoms with Gasteiger partial charge in [-0.05, 0) is 69.7 Å². The molecular formula is C20H35N3OS. The lowest BCUT2D eigenvalue weighted by Gasteiger charge is -2.19. The van der Waals surface area contributed by atoms with Gasteiger partial charge >= 0.3 is 0 Å². The molecule has 4 nitrogen and oxygen atoms in total. The summed E-state index contributed by atoms with van der Waals surface area (Å²) in [5.41, 5.74) is 10.9. The summed E-state index contributed by atoms with van der Waals surface area (Å²) in [4.78, 5) is 5.58. The van der Waals surface area contributed by atoms with Crippen molar-refractivity contribution in [3.63, 3.8) is 0 Å². The van der Waals surface area contributed by atoms with Gasteiger partial charge in [-0.1, -0.05) is 27.2 Å². The van der Waals surface area contributed by atoms with Crippen LogP contribution < -0.4 is 15.2 Å². The second-order valence-corrected chi connectivity index (χ2v) is 7.69. The molecule has 1 aromatic rings. The number of rotatable bonds is 5. The van der Waals surface area contributed by atoms with Crippen LogP contribution in [-0.2, 0) is 6.42 Å². The fourth-order valence-electron chi connectivity index (χ4n) is 2.89. The molecule has 0 amide bonds. The molecule has 0 unspecified atom stereocenters. The standard InChI is InChI=1S/C18H29N3OS.C2H6/c1-7-8-9-20-17(19)21-23-16-12(3)11(2)15-14(13(16)4)10-18(5,6)22-15;1-2/h7-10H2,1-6H3,(H3,19,20,21);1-2H3. The summed E-state index contributed by atoms with van der Waals surface area (Å²) >= 11 is 1.56. The fourth-order valence-corrected chi connectivity index (χ4v) is 3.74. The molecule has 2 rings (SSSR count). The first kappa shape index (κ1) is 21.7. The molecule has 0 saturated carbocycles. The third kappa shape index (κ3) is 5.30. The van der Waals surface area contributed by atoms with Crippen molar-refractivity contribution in [2.45, 2.75) is 85.1 Å². The zero-order valence-corrected chi connectivity index (χ0v) is 18.0. The summed E-state index contributed by atoms with van der Waals surface area (Å²) < 4.78 is 9.34. The molecule has 25 heavy (non-hydrogen) atoms. The second kappa shape index (κ2) is 9.37. The summed E-state index contributed by atoms with van der Waals surface area (Å²) in [6.45, 7) is 17.7. The van der Waals surface area contributed by atoms with Crippen molar-refractivity contribution < 1.29 is 4.74 Å². The van der Waals surface area contributed by atoms with Crippen LogP contribution in [-0.4, -0.2) is 18.1 Å². The number of benzene rings is 1. The molecule has 0 radical (unpaired) electrons. The van der Waals surface area contributed by atoms with E-state index in [0.717, 1.165) is 31.6 Å². The van der Waals surface area contributed by atoms with E-state index in [1.165, 1.54) is 27.1 Å². The molecule has 1 aromatic carbocycles. The van der Waals surface area contributed by atoms with E-state index in [9.17, 15) is 0 Å². The minimum Gasteiger partial charge on any atom is -0.487 e. The van der Waals surface area contributed by atoms with E-state index in [1.54, 1.807) is 11.9 Å². The quantitative estimate of drug-likeness (QED) is 0.331. The third-order valence-corrected chi connectivity index (χ3v) is 5.47. The molecule has 1 heterocycles. The number of aliphatic imine (C=N–C) groups is 1. The average Bonchev–Trinajstić information content (AvgIpc) is 2.91. The molecule has 0 aromatic heterocycles. The van der Waals surface area contributed by atoms with E-state index >= 15 is 0 Å². The van der Waals surface area contributed by atoms with E-state index in [1.807, 2.05) is 13.8 Å². The highest BCUT2D eigenvalue weighted by Gasteiger charge is 2.34. The van der Waals surface area contributed by atoms with Crippen LogP contribution in [0.4, 0.5) is 0 Å². The van der Waals surface area contributed by atoms with Crippen LogP contribution >= 0.6 is 11.9 Å². The first-order valence-electron chi connectivity index (χ1n) is 9.31. The smallest absolute Gasteiger partial charge is 0.199 e. The molecule has 3 N–H and O–H groups in total. The number of guanidine groups is 1. The normalized spacial score (nSPS) is 15.1. The predicted octanol–water partition coefficient (Wildman–Crippen LogP) is 5.06. The summed E-state index contributed by atoms with van der Waals surface area (Å²) in [6.07, 6.45) is 3.14. The molecule has 5 heteroatoms. The molecule has 0 saturated heterocycles. The number of ether oxygens (including phenoxy) is 1. The highest BCUT2D eigenvalue weighted by Crippen LogP contribution is 2.44. The SMILES string of the molecule is CC.CCCCN=C(N)NSc1c(C)c(C)c2c(c1C)CC(C)(C)O2. The van der Waals surface area contributed by atoms with Crippen molar-refractivity contribution in [1.29, 1.82) is 0 Å². The Morgan fingerprint density at radius 2 is 1.84 bits per heavy atom. The van der Waals surface area contributed by atoms with Gasteiger partial charge in [0.15, 0.2) is 5.96 Å². The Balaban J connectivity index is 0.00000151. The maximum Gasteiger partial charge on any atom is 0.199 e. The lowest BCUT2D eigenvalue weighted by molar-refractivity contribution is 0.137. The Morgan fingerprint density at radius 1 is 1.20 bits per heavy atom. The Labute approximate surface area is 158 Å². The molecule has 142 valence electrons. The van der Waals surface area contributed by atoms with Gasteiger partial charge in [0, 0.05) is 23.4 Å². The van der Waals surface area contributed by atoms with E-state index < -0.39 is 0 Å². The van der Waals surface area contributed by atoms with Gasteiger partial charge in [0.2, 0.25) is 0 Å². The average molecular weight is 366 g/mol. The van der Waals surface area contributed by atoms with Gasteiger partial charge < -0.3 is 10.5 Å². The van der Waals surface area contributed by atoms with Crippen molar-refractivity contribution in [1.82, 2.24) is 4.72 Å². The topological polar surface area (TPSA) is 59.6 Å². The Hall–Kier alpha value is -1.36. The molecule has 1 aliphatic heterocycles. The maximum absolute atomic E-state index is 6.15. The Kier molecular flexibility index (Phi) is 8.13. The zero-order valence-electron chi connectivity index (χ0n) is 17.2. The number of nitrogens with one attached hydrogen (secondary N) is 1. The number of hydrogen-bond donors (Lipinski definition) is 2. The monoisotopic (exact) mass is 365 g/mol. The van der Waals surface area contributed by atoms with Crippen LogP contribution in [0.25, 0.3) is 0 Å². The van der Waals surface area contributed by atoms with E-state index in [0.29, 0.717) is 5.96 Å². The van der Waals surface area contributed by atoms with Crippen LogP contribution in [0.5, 0.6) is 5.75 Å². The highest BCUT2D eigenvalue weighted by atomic mass is 32.2. The lowest BCUT2D eigenvalue weighted by Crippen LogP contribution is -2.26. The van der Waals surface area contributed by atoms with Crippen molar-refractivity contribution >= 4 is 17.9 Å². The number of nitrogens with two attached hydrogens (primary N) is 1. The van der Waals surface area contributed by atoms with Gasteiger partial charge in [-0.3, -0.25) is 9.71 Å². The predicted molar refractivity (Wildman–Crippen MR) is 111 cm³/mol. The van der Waals surface area contributed by atoms with Gasteiger partial charge in [0.25, 0.3) is 0 Å². The Bertz CT molecular complexity index is 624. The fraction of sp³-hybridized carbons (Fsp3) is 0.650. The minimum absolute atomic E-state index is 0.123. The number of unbranched alkanes of at least 4 members (excludes halogenated alkanes) is 1.